The molecule has 7 heteroatoms. The van der Waals surface area contributed by atoms with Gasteiger partial charge in [-0.1, -0.05) is 0 Å². The topological polar surface area (TPSA) is 98.2 Å². The number of thiophene rings is 1. The second-order valence-electron chi connectivity index (χ2n) is 2.54. The number of hydrogen-bond acceptors (Lipinski definition) is 4. The number of amides is 2. The fourth-order valence-electron chi connectivity index (χ4n) is 1.00. The van der Waals surface area contributed by atoms with E-state index in [4.69, 9.17) is 11.6 Å². The maximum atomic E-state index is 11.3. The summed E-state index contributed by atoms with van der Waals surface area (Å²) in [4.78, 5) is 22.5. The van der Waals surface area contributed by atoms with Gasteiger partial charge in [0.15, 0.2) is 0 Å². The smallest absolute Gasteiger partial charge is 0.267 e. The molecule has 5 N–H and O–H groups in total. The highest BCUT2D eigenvalue weighted by Gasteiger charge is 2.22. The molecule has 14 heavy (non-hydrogen) atoms. The van der Waals surface area contributed by atoms with Gasteiger partial charge >= 0.3 is 0 Å². The van der Waals surface area contributed by atoms with Crippen molar-refractivity contribution in [3.63, 3.8) is 0 Å². The zero-order chi connectivity index (χ0) is 10.9. The normalized spacial score (nSPS) is 9.93. The molecule has 1 aromatic rings. The molecule has 0 aliphatic heterocycles. The fourth-order valence-corrected chi connectivity index (χ4v) is 2.57. The van der Waals surface area contributed by atoms with Crippen LogP contribution in [-0.2, 0) is 0 Å². The van der Waals surface area contributed by atoms with Crippen LogP contribution in [0.1, 0.15) is 25.6 Å². The Morgan fingerprint density at radius 3 is 2.50 bits per heavy atom. The van der Waals surface area contributed by atoms with Crippen LogP contribution >= 0.6 is 27.3 Å². The van der Waals surface area contributed by atoms with Crippen LogP contribution in [0.15, 0.2) is 3.79 Å². The number of hydrogen-bond donors (Lipinski definition) is 3. The van der Waals surface area contributed by atoms with Gasteiger partial charge in [0.05, 0.1) is 9.35 Å². The van der Waals surface area contributed by atoms with Gasteiger partial charge in [0, 0.05) is 0 Å². The zero-order valence-corrected chi connectivity index (χ0v) is 9.66. The van der Waals surface area contributed by atoms with Crippen molar-refractivity contribution < 1.29 is 9.59 Å². The molecule has 0 saturated heterocycles. The van der Waals surface area contributed by atoms with Crippen molar-refractivity contribution >= 4 is 39.1 Å². The van der Waals surface area contributed by atoms with E-state index in [1.54, 1.807) is 6.92 Å². The maximum absolute atomic E-state index is 11.3. The van der Waals surface area contributed by atoms with Crippen LogP contribution in [0.5, 0.6) is 0 Å². The van der Waals surface area contributed by atoms with E-state index in [9.17, 15) is 9.59 Å². The van der Waals surface area contributed by atoms with Gasteiger partial charge in [-0.25, -0.2) is 5.84 Å². The highest BCUT2D eigenvalue weighted by Crippen LogP contribution is 2.32. The SMILES string of the molecule is Cc1c(Br)sc(C(N)=O)c1C(=O)NN. The maximum Gasteiger partial charge on any atom is 0.267 e. The molecule has 5 nitrogen and oxygen atoms in total. The van der Waals surface area contributed by atoms with E-state index in [0.717, 1.165) is 11.3 Å². The van der Waals surface area contributed by atoms with Crippen molar-refractivity contribution in [3.8, 4) is 0 Å². The Hall–Kier alpha value is -0.920. The van der Waals surface area contributed by atoms with Gasteiger partial charge in [0.25, 0.3) is 11.8 Å². The average Bonchev–Trinajstić information content (AvgIpc) is 2.43. The van der Waals surface area contributed by atoms with Crippen LogP contribution in [0.3, 0.4) is 0 Å². The lowest BCUT2D eigenvalue weighted by molar-refractivity contribution is 0.0937. The van der Waals surface area contributed by atoms with Crippen LogP contribution in [0, 0.1) is 6.92 Å². The van der Waals surface area contributed by atoms with E-state index >= 15 is 0 Å². The summed E-state index contributed by atoms with van der Waals surface area (Å²) in [5.41, 5.74) is 7.98. The molecule has 0 fully saturated rings. The van der Waals surface area contributed by atoms with Crippen molar-refractivity contribution in [2.45, 2.75) is 6.92 Å². The van der Waals surface area contributed by atoms with Gasteiger partial charge in [0.2, 0.25) is 0 Å². The number of rotatable bonds is 2. The second kappa shape index (κ2) is 4.07. The van der Waals surface area contributed by atoms with Crippen molar-refractivity contribution in [2.75, 3.05) is 0 Å². The molecule has 0 atom stereocenters. The number of halogens is 1. The first kappa shape index (κ1) is 11.2. The Bertz CT molecular complexity index is 402. The standard InChI is InChI=1S/C7H8BrN3O2S/c1-2-3(7(13)11-10)4(6(9)12)14-5(2)8/h10H2,1H3,(H2,9,12)(H,11,13). The van der Waals surface area contributed by atoms with Crippen LogP contribution in [0.25, 0.3) is 0 Å². The zero-order valence-electron chi connectivity index (χ0n) is 7.26. The first-order valence-electron chi connectivity index (χ1n) is 3.58. The summed E-state index contributed by atoms with van der Waals surface area (Å²) in [5.74, 6) is 3.84. The van der Waals surface area contributed by atoms with Crippen molar-refractivity contribution in [3.05, 3.63) is 19.8 Å². The lowest BCUT2D eigenvalue weighted by Gasteiger charge is -2.00. The summed E-state index contributed by atoms with van der Waals surface area (Å²) < 4.78 is 0.699. The lowest BCUT2D eigenvalue weighted by atomic mass is 10.1. The van der Waals surface area contributed by atoms with E-state index in [0.29, 0.717) is 9.35 Å². The highest BCUT2D eigenvalue weighted by molar-refractivity contribution is 9.11. The summed E-state index contributed by atoms with van der Waals surface area (Å²) in [6.45, 7) is 1.71. The third kappa shape index (κ3) is 1.79. The van der Waals surface area contributed by atoms with Gasteiger partial charge in [-0.2, -0.15) is 0 Å². The van der Waals surface area contributed by atoms with Crippen LogP contribution in [0.2, 0.25) is 0 Å². The van der Waals surface area contributed by atoms with Crippen molar-refractivity contribution in [1.82, 2.24) is 5.43 Å². The molecule has 0 aromatic carbocycles. The van der Waals surface area contributed by atoms with E-state index in [1.165, 1.54) is 0 Å². The molecule has 1 rings (SSSR count). The van der Waals surface area contributed by atoms with E-state index in [1.807, 2.05) is 5.43 Å². The van der Waals surface area contributed by atoms with E-state index < -0.39 is 11.8 Å². The number of carbonyl (C=O) groups excluding carboxylic acids is 2. The summed E-state index contributed by atoms with van der Waals surface area (Å²) in [7, 11) is 0. The third-order valence-corrected chi connectivity index (χ3v) is 3.85. The summed E-state index contributed by atoms with van der Waals surface area (Å²) in [6, 6.07) is 0. The average molecular weight is 278 g/mol. The van der Waals surface area contributed by atoms with E-state index in [-0.39, 0.29) is 10.4 Å². The molecule has 0 aliphatic rings. The van der Waals surface area contributed by atoms with Gasteiger partial charge in [-0.3, -0.25) is 15.0 Å². The van der Waals surface area contributed by atoms with Gasteiger partial charge in [-0.15, -0.1) is 11.3 Å². The van der Waals surface area contributed by atoms with Gasteiger partial charge < -0.3 is 5.73 Å². The number of carbonyl (C=O) groups is 2. The minimum absolute atomic E-state index is 0.206. The second-order valence-corrected chi connectivity index (χ2v) is 4.88. The molecule has 2 amide bonds. The predicted octanol–water partition coefficient (Wildman–Crippen LogP) is 0.521. The van der Waals surface area contributed by atoms with Crippen molar-refractivity contribution in [1.29, 1.82) is 0 Å². The summed E-state index contributed by atoms with van der Waals surface area (Å²) in [6.07, 6.45) is 0. The van der Waals surface area contributed by atoms with Crippen LogP contribution in [-0.4, -0.2) is 11.8 Å². The first-order valence-corrected chi connectivity index (χ1v) is 5.19. The van der Waals surface area contributed by atoms with Gasteiger partial charge in [-0.05, 0) is 28.4 Å². The Kier molecular flexibility index (Phi) is 3.25. The summed E-state index contributed by atoms with van der Waals surface area (Å²) in [5, 5.41) is 0. The number of primary amides is 1. The Morgan fingerprint density at radius 1 is 1.50 bits per heavy atom. The molecular weight excluding hydrogens is 270 g/mol. The number of nitrogens with two attached hydrogens (primary N) is 2. The largest absolute Gasteiger partial charge is 0.365 e. The minimum Gasteiger partial charge on any atom is -0.365 e. The lowest BCUT2D eigenvalue weighted by Crippen LogP contribution is -2.31. The van der Waals surface area contributed by atoms with Crippen LogP contribution in [0.4, 0.5) is 0 Å². The number of nitrogen functional groups attached to an aromatic ring is 1. The number of nitrogens with one attached hydrogen (secondary N) is 1. The molecular formula is C7H8BrN3O2S. The van der Waals surface area contributed by atoms with E-state index in [2.05, 4.69) is 15.9 Å². The molecule has 76 valence electrons. The molecule has 0 spiro atoms. The quantitative estimate of drug-likeness (QED) is 0.418. The Morgan fingerprint density at radius 2 is 2.07 bits per heavy atom. The van der Waals surface area contributed by atoms with Gasteiger partial charge in [0.1, 0.15) is 4.88 Å². The van der Waals surface area contributed by atoms with Crippen LogP contribution < -0.4 is 17.0 Å². The molecule has 0 radical (unpaired) electrons. The fraction of sp³-hybridized carbons (Fsp3) is 0.143. The summed E-state index contributed by atoms with van der Waals surface area (Å²) >= 11 is 4.34. The minimum atomic E-state index is -0.637. The molecule has 0 unspecified atom stereocenters. The molecule has 0 aliphatic carbocycles. The monoisotopic (exact) mass is 277 g/mol. The number of hydrazine groups is 1. The highest BCUT2D eigenvalue weighted by atomic mass is 79.9. The third-order valence-electron chi connectivity index (χ3n) is 1.67. The predicted molar refractivity (Wildman–Crippen MR) is 56.9 cm³/mol. The Balaban J connectivity index is 3.37. The first-order chi connectivity index (χ1) is 6.49. The molecule has 0 bridgehead atoms. The molecule has 0 saturated carbocycles. The van der Waals surface area contributed by atoms with Crippen molar-refractivity contribution in [2.24, 2.45) is 11.6 Å². The molecule has 1 aromatic heterocycles. The molecule has 1 heterocycles. The Labute approximate surface area is 92.6 Å².